The molecular formula is C15H15Cl2NO3. The van der Waals surface area contributed by atoms with Crippen molar-refractivity contribution in [2.24, 2.45) is 0 Å². The normalized spacial score (nSPS) is 12.2. The van der Waals surface area contributed by atoms with E-state index in [4.69, 9.17) is 27.6 Å². The average Bonchev–Trinajstić information content (AvgIpc) is 2.74. The lowest BCUT2D eigenvalue weighted by Crippen LogP contribution is -2.28. The molecule has 112 valence electrons. The molecule has 1 aromatic carbocycles. The minimum absolute atomic E-state index is 0.0360. The van der Waals surface area contributed by atoms with Crippen LogP contribution in [0.1, 0.15) is 33.5 Å². The summed E-state index contributed by atoms with van der Waals surface area (Å²) < 4.78 is 5.32. The quantitative estimate of drug-likeness (QED) is 0.900. The van der Waals surface area contributed by atoms with Crippen molar-refractivity contribution in [1.82, 2.24) is 5.32 Å². The third-order valence-electron chi connectivity index (χ3n) is 3.12. The van der Waals surface area contributed by atoms with E-state index in [1.54, 1.807) is 31.2 Å². The first-order valence-corrected chi connectivity index (χ1v) is 7.11. The predicted octanol–water partition coefficient (Wildman–Crippen LogP) is 3.67. The number of halogens is 2. The number of carbonyl (C=O) groups is 1. The van der Waals surface area contributed by atoms with Gasteiger partial charge in [-0.1, -0.05) is 23.2 Å². The largest absolute Gasteiger partial charge is 0.456 e. The zero-order chi connectivity index (χ0) is 15.6. The van der Waals surface area contributed by atoms with E-state index in [1.807, 2.05) is 6.92 Å². The number of carbonyl (C=O) groups excluding carboxylic acids is 1. The third kappa shape index (κ3) is 4.00. The van der Waals surface area contributed by atoms with E-state index >= 15 is 0 Å². The molecular weight excluding hydrogens is 313 g/mol. The van der Waals surface area contributed by atoms with Gasteiger partial charge in [-0.2, -0.15) is 0 Å². The van der Waals surface area contributed by atoms with Crippen LogP contribution in [0.2, 0.25) is 10.0 Å². The van der Waals surface area contributed by atoms with E-state index in [2.05, 4.69) is 5.32 Å². The molecule has 2 aromatic rings. The standard InChI is InChI=1S/C15H15Cl2NO3/c1-8-3-14(21-9(8)2)15(20)18-7-13(19)10-4-11(16)6-12(17)5-10/h3-6,13,19H,7H2,1-2H3,(H,18,20). The number of aliphatic hydroxyl groups is 1. The lowest BCUT2D eigenvalue weighted by Gasteiger charge is -2.12. The fourth-order valence-corrected chi connectivity index (χ4v) is 2.39. The van der Waals surface area contributed by atoms with Crippen LogP contribution in [0.4, 0.5) is 0 Å². The first kappa shape index (κ1) is 15.9. The van der Waals surface area contributed by atoms with Gasteiger partial charge in [-0.25, -0.2) is 0 Å². The maximum atomic E-state index is 11.9. The predicted molar refractivity (Wildman–Crippen MR) is 81.9 cm³/mol. The number of hydrogen-bond donors (Lipinski definition) is 2. The van der Waals surface area contributed by atoms with Crippen molar-refractivity contribution >= 4 is 29.1 Å². The van der Waals surface area contributed by atoms with Crippen LogP contribution in [-0.2, 0) is 0 Å². The van der Waals surface area contributed by atoms with Gasteiger partial charge >= 0.3 is 0 Å². The van der Waals surface area contributed by atoms with Crippen molar-refractivity contribution in [2.45, 2.75) is 20.0 Å². The maximum Gasteiger partial charge on any atom is 0.287 e. The second-order valence-electron chi connectivity index (χ2n) is 4.78. The van der Waals surface area contributed by atoms with Crippen LogP contribution < -0.4 is 5.32 Å². The van der Waals surface area contributed by atoms with Gasteiger partial charge in [-0.05, 0) is 49.2 Å². The Bertz CT molecular complexity index is 627. The molecule has 4 nitrogen and oxygen atoms in total. The fraction of sp³-hybridized carbons (Fsp3) is 0.267. The van der Waals surface area contributed by atoms with E-state index in [0.29, 0.717) is 21.4 Å². The summed E-state index contributed by atoms with van der Waals surface area (Å²) in [6, 6.07) is 6.44. The highest BCUT2D eigenvalue weighted by Crippen LogP contribution is 2.23. The van der Waals surface area contributed by atoms with Crippen molar-refractivity contribution < 1.29 is 14.3 Å². The van der Waals surface area contributed by atoms with E-state index in [9.17, 15) is 9.90 Å². The van der Waals surface area contributed by atoms with Gasteiger partial charge in [0.05, 0.1) is 6.10 Å². The van der Waals surface area contributed by atoms with Gasteiger partial charge in [-0.15, -0.1) is 0 Å². The van der Waals surface area contributed by atoms with Crippen LogP contribution in [0.5, 0.6) is 0 Å². The molecule has 1 amide bonds. The maximum absolute atomic E-state index is 11.9. The van der Waals surface area contributed by atoms with Crippen LogP contribution in [0, 0.1) is 13.8 Å². The summed E-state index contributed by atoms with van der Waals surface area (Å²) in [5.74, 6) is 0.544. The second-order valence-corrected chi connectivity index (χ2v) is 5.65. The lowest BCUT2D eigenvalue weighted by molar-refractivity contribution is 0.0888. The summed E-state index contributed by atoms with van der Waals surface area (Å²) in [6.45, 7) is 3.68. The van der Waals surface area contributed by atoms with Crippen molar-refractivity contribution in [3.8, 4) is 0 Å². The number of furan rings is 1. The Kier molecular flexibility index (Phi) is 4.93. The number of nitrogens with one attached hydrogen (secondary N) is 1. The molecule has 1 heterocycles. The highest BCUT2D eigenvalue weighted by atomic mass is 35.5. The minimum Gasteiger partial charge on any atom is -0.456 e. The number of aliphatic hydroxyl groups excluding tert-OH is 1. The molecule has 0 saturated heterocycles. The smallest absolute Gasteiger partial charge is 0.287 e. The van der Waals surface area contributed by atoms with Gasteiger partial charge in [0.2, 0.25) is 0 Å². The number of rotatable bonds is 4. The first-order valence-electron chi connectivity index (χ1n) is 6.36. The SMILES string of the molecule is Cc1cc(C(=O)NCC(O)c2cc(Cl)cc(Cl)c2)oc1C. The number of hydrogen-bond acceptors (Lipinski definition) is 3. The molecule has 0 fully saturated rings. The molecule has 0 radical (unpaired) electrons. The van der Waals surface area contributed by atoms with Gasteiger partial charge < -0.3 is 14.8 Å². The van der Waals surface area contributed by atoms with E-state index in [0.717, 1.165) is 5.56 Å². The second kappa shape index (κ2) is 6.52. The van der Waals surface area contributed by atoms with Gasteiger partial charge in [0.15, 0.2) is 5.76 Å². The Morgan fingerprint density at radius 2 is 1.86 bits per heavy atom. The minimum atomic E-state index is -0.901. The molecule has 0 aliphatic rings. The Morgan fingerprint density at radius 1 is 1.24 bits per heavy atom. The van der Waals surface area contributed by atoms with E-state index in [1.165, 1.54) is 0 Å². The van der Waals surface area contributed by atoms with E-state index in [-0.39, 0.29) is 18.2 Å². The molecule has 0 spiro atoms. The van der Waals surface area contributed by atoms with Crippen molar-refractivity contribution in [1.29, 1.82) is 0 Å². The zero-order valence-corrected chi connectivity index (χ0v) is 13.1. The van der Waals surface area contributed by atoms with Gasteiger partial charge in [0.25, 0.3) is 5.91 Å². The summed E-state index contributed by atoms with van der Waals surface area (Å²) in [7, 11) is 0. The van der Waals surface area contributed by atoms with Crippen molar-refractivity contribution in [3.05, 3.63) is 57.0 Å². The molecule has 0 bridgehead atoms. The summed E-state index contributed by atoms with van der Waals surface area (Å²) >= 11 is 11.8. The molecule has 1 unspecified atom stereocenters. The van der Waals surface area contributed by atoms with Gasteiger partial charge in [0, 0.05) is 16.6 Å². The van der Waals surface area contributed by atoms with Crippen LogP contribution in [0.3, 0.4) is 0 Å². The topological polar surface area (TPSA) is 62.5 Å². The van der Waals surface area contributed by atoms with Crippen LogP contribution >= 0.6 is 23.2 Å². The summed E-state index contributed by atoms with van der Waals surface area (Å²) in [5.41, 5.74) is 1.45. The first-order chi connectivity index (χ1) is 9.86. The molecule has 21 heavy (non-hydrogen) atoms. The molecule has 6 heteroatoms. The Hall–Kier alpha value is -1.49. The molecule has 0 aliphatic heterocycles. The monoisotopic (exact) mass is 327 g/mol. The molecule has 2 N–H and O–H groups in total. The van der Waals surface area contributed by atoms with Gasteiger partial charge in [0.1, 0.15) is 5.76 Å². The van der Waals surface area contributed by atoms with Crippen LogP contribution in [-0.4, -0.2) is 17.6 Å². The van der Waals surface area contributed by atoms with Crippen LogP contribution in [0.25, 0.3) is 0 Å². The van der Waals surface area contributed by atoms with Gasteiger partial charge in [-0.3, -0.25) is 4.79 Å². The molecule has 0 aliphatic carbocycles. The number of aryl methyl sites for hydroxylation is 2. The zero-order valence-electron chi connectivity index (χ0n) is 11.6. The highest BCUT2D eigenvalue weighted by Gasteiger charge is 2.15. The van der Waals surface area contributed by atoms with Crippen LogP contribution in [0.15, 0.2) is 28.7 Å². The number of amides is 1. The van der Waals surface area contributed by atoms with Crippen molar-refractivity contribution in [3.63, 3.8) is 0 Å². The Labute approximate surface area is 132 Å². The third-order valence-corrected chi connectivity index (χ3v) is 3.55. The summed E-state index contributed by atoms with van der Waals surface area (Å²) in [6.07, 6.45) is -0.901. The molecule has 2 rings (SSSR count). The summed E-state index contributed by atoms with van der Waals surface area (Å²) in [4.78, 5) is 11.9. The molecule has 1 aromatic heterocycles. The Morgan fingerprint density at radius 3 is 2.38 bits per heavy atom. The van der Waals surface area contributed by atoms with E-state index < -0.39 is 6.10 Å². The molecule has 0 saturated carbocycles. The highest BCUT2D eigenvalue weighted by molar-refractivity contribution is 6.34. The average molecular weight is 328 g/mol. The lowest BCUT2D eigenvalue weighted by atomic mass is 10.1. The number of benzene rings is 1. The fourth-order valence-electron chi connectivity index (χ4n) is 1.85. The Balaban J connectivity index is 2.00. The molecule has 1 atom stereocenters. The van der Waals surface area contributed by atoms with Crippen molar-refractivity contribution in [2.75, 3.05) is 6.54 Å². The summed E-state index contributed by atoms with van der Waals surface area (Å²) in [5, 5.41) is 13.5.